The van der Waals surface area contributed by atoms with Crippen molar-refractivity contribution in [3.63, 3.8) is 0 Å². The molecule has 0 aromatic carbocycles. The number of pyridine rings is 1. The Morgan fingerprint density at radius 3 is 2.62 bits per heavy atom. The van der Waals surface area contributed by atoms with E-state index in [1.807, 2.05) is 13.8 Å². The minimum atomic E-state index is -4.96. The molecule has 0 unspecified atom stereocenters. The average molecular weight is 482 g/mol. The summed E-state index contributed by atoms with van der Waals surface area (Å²) in [6.45, 7) is 8.37. The lowest BCUT2D eigenvalue weighted by molar-refractivity contribution is -0.140. The molecular formula is C22H26F4N6O2. The van der Waals surface area contributed by atoms with Crippen LogP contribution in [0.15, 0.2) is 29.5 Å². The van der Waals surface area contributed by atoms with Crippen LogP contribution in [0.5, 0.6) is 0 Å². The third-order valence-electron chi connectivity index (χ3n) is 5.73. The van der Waals surface area contributed by atoms with Crippen molar-refractivity contribution >= 4 is 5.82 Å². The molecule has 34 heavy (non-hydrogen) atoms. The summed E-state index contributed by atoms with van der Waals surface area (Å²) in [7, 11) is 0. The van der Waals surface area contributed by atoms with E-state index in [0.717, 1.165) is 10.1 Å². The van der Waals surface area contributed by atoms with Crippen LogP contribution < -0.4 is 10.6 Å². The fourth-order valence-corrected chi connectivity index (χ4v) is 3.92. The van der Waals surface area contributed by atoms with Gasteiger partial charge in [0.1, 0.15) is 5.82 Å². The number of rotatable bonds is 5. The summed E-state index contributed by atoms with van der Waals surface area (Å²) in [6.07, 6.45) is -0.483. The predicted molar refractivity (Wildman–Crippen MR) is 117 cm³/mol. The molecule has 0 aliphatic carbocycles. The van der Waals surface area contributed by atoms with Gasteiger partial charge in [0.15, 0.2) is 11.6 Å². The lowest BCUT2D eigenvalue weighted by atomic mass is 10.2. The molecule has 4 rings (SSSR count). The van der Waals surface area contributed by atoms with Crippen molar-refractivity contribution in [3.8, 4) is 5.82 Å². The largest absolute Gasteiger partial charge is 0.419 e. The first-order valence-electron chi connectivity index (χ1n) is 10.9. The number of morpholine rings is 1. The fourth-order valence-electron chi connectivity index (χ4n) is 3.92. The molecule has 0 saturated carbocycles. The predicted octanol–water partition coefficient (Wildman–Crippen LogP) is 3.55. The van der Waals surface area contributed by atoms with Crippen LogP contribution >= 0.6 is 0 Å². The standard InChI is InChI=1S/C22H26F4N6O2/c1-13(2)32-12-16(8-27-32)11-30-14(3)9-31(21(30)33)20-19(23)17(22(24,25)26)7-18(28-20)29-5-6-34-15(4)10-29/h7-9,12-13,15H,5-6,10-11H2,1-4H3/t15-/m1/s1. The summed E-state index contributed by atoms with van der Waals surface area (Å²) in [4.78, 5) is 18.9. The van der Waals surface area contributed by atoms with Crippen LogP contribution in [0.4, 0.5) is 23.4 Å². The van der Waals surface area contributed by atoms with Crippen molar-refractivity contribution in [1.82, 2.24) is 23.9 Å². The summed E-state index contributed by atoms with van der Waals surface area (Å²) >= 11 is 0. The van der Waals surface area contributed by atoms with E-state index in [2.05, 4.69) is 10.1 Å². The minimum absolute atomic E-state index is 0.0608. The van der Waals surface area contributed by atoms with Crippen molar-refractivity contribution in [2.45, 2.75) is 52.6 Å². The molecule has 8 nitrogen and oxygen atoms in total. The molecular weight excluding hydrogens is 456 g/mol. The van der Waals surface area contributed by atoms with E-state index in [1.165, 1.54) is 10.8 Å². The fraction of sp³-hybridized carbons (Fsp3) is 0.500. The van der Waals surface area contributed by atoms with E-state index >= 15 is 4.39 Å². The quantitative estimate of drug-likeness (QED) is 0.521. The second-order valence-electron chi connectivity index (χ2n) is 8.72. The Bertz CT molecular complexity index is 1240. The number of hydrogen-bond acceptors (Lipinski definition) is 5. The maximum absolute atomic E-state index is 15.1. The highest BCUT2D eigenvalue weighted by atomic mass is 19.4. The zero-order valence-electron chi connectivity index (χ0n) is 19.3. The Balaban J connectivity index is 1.79. The molecule has 0 amide bonds. The number of anilines is 1. The second kappa shape index (κ2) is 8.90. The first-order valence-corrected chi connectivity index (χ1v) is 10.9. The highest BCUT2D eigenvalue weighted by molar-refractivity contribution is 5.49. The molecule has 3 aromatic rings. The number of alkyl halides is 3. The third kappa shape index (κ3) is 4.59. The monoisotopic (exact) mass is 482 g/mol. The second-order valence-corrected chi connectivity index (χ2v) is 8.72. The van der Waals surface area contributed by atoms with Crippen LogP contribution in [-0.4, -0.2) is 49.7 Å². The van der Waals surface area contributed by atoms with Crippen molar-refractivity contribution in [2.75, 3.05) is 24.6 Å². The number of halogens is 4. The zero-order chi connectivity index (χ0) is 24.8. The van der Waals surface area contributed by atoms with Gasteiger partial charge in [-0.2, -0.15) is 18.3 Å². The Labute approximate surface area is 193 Å². The molecule has 0 bridgehead atoms. The van der Waals surface area contributed by atoms with Gasteiger partial charge in [-0.15, -0.1) is 0 Å². The average Bonchev–Trinajstić information content (AvgIpc) is 3.34. The SMILES string of the molecule is Cc1cn(-c2nc(N3CCO[C@H](C)C3)cc(C(F)(F)F)c2F)c(=O)n1Cc1cnn(C(C)C)c1. The minimum Gasteiger partial charge on any atom is -0.375 e. The number of aromatic nitrogens is 5. The molecule has 0 radical (unpaired) electrons. The van der Waals surface area contributed by atoms with Crippen molar-refractivity contribution in [2.24, 2.45) is 0 Å². The van der Waals surface area contributed by atoms with E-state index in [9.17, 15) is 18.0 Å². The maximum atomic E-state index is 15.1. The van der Waals surface area contributed by atoms with E-state index in [0.29, 0.717) is 31.5 Å². The molecule has 1 saturated heterocycles. The molecule has 184 valence electrons. The Kier molecular flexibility index (Phi) is 6.28. The van der Waals surface area contributed by atoms with Crippen LogP contribution in [0.3, 0.4) is 0 Å². The third-order valence-corrected chi connectivity index (χ3v) is 5.73. The van der Waals surface area contributed by atoms with Gasteiger partial charge >= 0.3 is 11.9 Å². The molecule has 12 heteroatoms. The summed E-state index contributed by atoms with van der Waals surface area (Å²) in [6, 6.07) is 0.812. The Hall–Kier alpha value is -3.15. The van der Waals surface area contributed by atoms with Crippen LogP contribution in [0.25, 0.3) is 5.82 Å². The molecule has 1 aliphatic rings. The number of hydrogen-bond donors (Lipinski definition) is 0. The van der Waals surface area contributed by atoms with Gasteiger partial charge in [0.25, 0.3) is 0 Å². The van der Waals surface area contributed by atoms with Crippen molar-refractivity contribution in [3.05, 3.63) is 57.8 Å². The first kappa shape index (κ1) is 24.0. The highest BCUT2D eigenvalue weighted by Gasteiger charge is 2.38. The van der Waals surface area contributed by atoms with Crippen molar-refractivity contribution < 1.29 is 22.3 Å². The van der Waals surface area contributed by atoms with Gasteiger partial charge in [-0.05, 0) is 33.8 Å². The van der Waals surface area contributed by atoms with Gasteiger partial charge in [0.2, 0.25) is 0 Å². The van der Waals surface area contributed by atoms with Crippen LogP contribution in [0, 0.1) is 12.7 Å². The number of ether oxygens (including phenoxy) is 1. The van der Waals surface area contributed by atoms with Gasteiger partial charge < -0.3 is 9.64 Å². The van der Waals surface area contributed by atoms with Gasteiger partial charge in [0.05, 0.1) is 31.0 Å². The highest BCUT2D eigenvalue weighted by Crippen LogP contribution is 2.35. The van der Waals surface area contributed by atoms with Crippen LogP contribution in [0.1, 0.15) is 43.6 Å². The maximum Gasteiger partial charge on any atom is 0.419 e. The molecule has 4 heterocycles. The lowest BCUT2D eigenvalue weighted by Crippen LogP contribution is -2.42. The van der Waals surface area contributed by atoms with E-state index in [1.54, 1.807) is 35.8 Å². The summed E-state index contributed by atoms with van der Waals surface area (Å²) in [5.41, 5.74) is -0.983. The van der Waals surface area contributed by atoms with Gasteiger partial charge in [0, 0.05) is 42.8 Å². The Morgan fingerprint density at radius 2 is 2.00 bits per heavy atom. The molecule has 1 aliphatic heterocycles. The van der Waals surface area contributed by atoms with E-state index in [-0.39, 0.29) is 24.5 Å². The van der Waals surface area contributed by atoms with E-state index < -0.39 is 29.1 Å². The zero-order valence-corrected chi connectivity index (χ0v) is 19.3. The number of nitrogens with zero attached hydrogens (tertiary/aromatic N) is 6. The topological polar surface area (TPSA) is 70.1 Å². The molecule has 0 spiro atoms. The van der Waals surface area contributed by atoms with Gasteiger partial charge in [-0.1, -0.05) is 0 Å². The number of aryl methyl sites for hydroxylation is 1. The van der Waals surface area contributed by atoms with E-state index in [4.69, 9.17) is 4.74 Å². The Morgan fingerprint density at radius 1 is 1.26 bits per heavy atom. The smallest absolute Gasteiger partial charge is 0.375 e. The first-order chi connectivity index (χ1) is 16.0. The lowest BCUT2D eigenvalue weighted by Gasteiger charge is -2.32. The van der Waals surface area contributed by atoms with Crippen molar-refractivity contribution in [1.29, 1.82) is 0 Å². The van der Waals surface area contributed by atoms with Crippen LogP contribution in [-0.2, 0) is 17.5 Å². The molecule has 1 atom stereocenters. The molecule has 0 N–H and O–H groups in total. The summed E-state index contributed by atoms with van der Waals surface area (Å²) in [5.74, 6) is -2.34. The number of imidazole rings is 1. The summed E-state index contributed by atoms with van der Waals surface area (Å²) in [5, 5.41) is 4.24. The molecule has 3 aromatic heterocycles. The molecule has 1 fully saturated rings. The van der Waals surface area contributed by atoms with Gasteiger partial charge in [-0.3, -0.25) is 9.25 Å². The van der Waals surface area contributed by atoms with Gasteiger partial charge in [-0.25, -0.2) is 18.7 Å². The van der Waals surface area contributed by atoms with Crippen LogP contribution in [0.2, 0.25) is 0 Å². The normalized spacial score (nSPS) is 17.1. The summed E-state index contributed by atoms with van der Waals surface area (Å²) < 4.78 is 65.6.